The van der Waals surface area contributed by atoms with Crippen molar-refractivity contribution >= 4 is 63.6 Å². The predicted octanol–water partition coefficient (Wildman–Crippen LogP) is 2.11. The van der Waals surface area contributed by atoms with E-state index in [9.17, 15) is 24.0 Å². The minimum absolute atomic E-state index is 0.0582. The van der Waals surface area contributed by atoms with Gasteiger partial charge in [-0.3, -0.25) is 29.3 Å². The second kappa shape index (κ2) is 16.2. The zero-order valence-corrected chi connectivity index (χ0v) is 29.9. The zero-order chi connectivity index (χ0) is 37.6. The Morgan fingerprint density at radius 2 is 1.92 bits per heavy atom. The van der Waals surface area contributed by atoms with Crippen molar-refractivity contribution in [3.05, 3.63) is 69.9 Å². The van der Waals surface area contributed by atoms with Crippen LogP contribution in [-0.4, -0.2) is 95.3 Å². The molecule has 6 rings (SSSR count). The van der Waals surface area contributed by atoms with Gasteiger partial charge in [-0.2, -0.15) is 4.98 Å². The minimum atomic E-state index is -0.803. The molecule has 18 heteroatoms. The summed E-state index contributed by atoms with van der Waals surface area (Å²) in [4.78, 5) is 76.1. The van der Waals surface area contributed by atoms with E-state index in [2.05, 4.69) is 31.2 Å². The SMILES string of the molecule is CNC(=O)COc1cc2cc(Nc3nc(N4CCO[C@H](COc5ccc(C(=O)NC6CCC(=O)NC6=O)nc5)C4)ncc3Cl)ccc2n(C(C)C)c1=O. The second-order valence-electron chi connectivity index (χ2n) is 12.6. The molecule has 4 N–H and O–H groups in total. The van der Waals surface area contributed by atoms with Gasteiger partial charge >= 0.3 is 0 Å². The summed E-state index contributed by atoms with van der Waals surface area (Å²) in [5, 5.41) is 11.5. The first-order valence-electron chi connectivity index (χ1n) is 16.9. The maximum atomic E-state index is 13.2. The summed E-state index contributed by atoms with van der Waals surface area (Å²) in [6.45, 7) is 5.02. The number of fused-ring (bicyclic) bond motifs is 1. The number of anilines is 3. The first kappa shape index (κ1) is 37.0. The molecule has 2 fully saturated rings. The summed E-state index contributed by atoms with van der Waals surface area (Å²) in [6, 6.07) is 9.20. The van der Waals surface area contributed by atoms with E-state index in [1.54, 1.807) is 16.7 Å². The highest BCUT2D eigenvalue weighted by Crippen LogP contribution is 2.29. The van der Waals surface area contributed by atoms with Crippen LogP contribution in [0.2, 0.25) is 5.02 Å². The molecule has 17 nitrogen and oxygen atoms in total. The van der Waals surface area contributed by atoms with E-state index in [1.807, 2.05) is 36.9 Å². The summed E-state index contributed by atoms with van der Waals surface area (Å²) in [5.41, 5.74) is 1.11. The number of pyridine rings is 2. The van der Waals surface area contributed by atoms with Crippen molar-refractivity contribution in [1.29, 1.82) is 0 Å². The number of rotatable bonds is 12. The van der Waals surface area contributed by atoms with Gasteiger partial charge in [0.15, 0.2) is 18.2 Å². The van der Waals surface area contributed by atoms with Gasteiger partial charge in [-0.25, -0.2) is 9.97 Å². The molecule has 4 aromatic rings. The highest BCUT2D eigenvalue weighted by molar-refractivity contribution is 6.33. The van der Waals surface area contributed by atoms with Crippen LogP contribution in [0.15, 0.2) is 53.6 Å². The van der Waals surface area contributed by atoms with Gasteiger partial charge in [0.2, 0.25) is 17.8 Å². The zero-order valence-electron chi connectivity index (χ0n) is 29.2. The molecule has 1 unspecified atom stereocenters. The number of carbonyl (C=O) groups excluding carboxylic acids is 4. The molecule has 3 aromatic heterocycles. The number of benzene rings is 1. The fourth-order valence-corrected chi connectivity index (χ4v) is 5.96. The van der Waals surface area contributed by atoms with E-state index >= 15 is 0 Å². The monoisotopic (exact) mass is 747 g/mol. The number of imide groups is 1. The van der Waals surface area contributed by atoms with Crippen molar-refractivity contribution in [2.75, 3.05) is 50.2 Å². The maximum absolute atomic E-state index is 13.2. The topological polar surface area (TPSA) is 208 Å². The third-order valence-electron chi connectivity index (χ3n) is 8.52. The summed E-state index contributed by atoms with van der Waals surface area (Å²) < 4.78 is 19.0. The van der Waals surface area contributed by atoms with Gasteiger partial charge < -0.3 is 39.6 Å². The van der Waals surface area contributed by atoms with Gasteiger partial charge in [0.05, 0.1) is 31.1 Å². The van der Waals surface area contributed by atoms with Gasteiger partial charge in [-0.1, -0.05) is 11.6 Å². The largest absolute Gasteiger partial charge is 0.489 e. The second-order valence-corrected chi connectivity index (χ2v) is 13.0. The summed E-state index contributed by atoms with van der Waals surface area (Å²) in [7, 11) is 1.49. The fourth-order valence-electron chi connectivity index (χ4n) is 5.82. The van der Waals surface area contributed by atoms with Crippen molar-refractivity contribution in [1.82, 2.24) is 35.5 Å². The molecule has 0 bridgehead atoms. The summed E-state index contributed by atoms with van der Waals surface area (Å²) in [6.07, 6.45) is 2.96. The molecule has 0 spiro atoms. The molecule has 4 amide bonds. The van der Waals surface area contributed by atoms with Gasteiger partial charge in [0.25, 0.3) is 17.4 Å². The van der Waals surface area contributed by atoms with Gasteiger partial charge in [-0.15, -0.1) is 0 Å². The number of nitrogens with one attached hydrogen (secondary N) is 4. The van der Waals surface area contributed by atoms with Crippen molar-refractivity contribution in [2.45, 2.75) is 44.9 Å². The van der Waals surface area contributed by atoms with Crippen LogP contribution in [0.3, 0.4) is 0 Å². The summed E-state index contributed by atoms with van der Waals surface area (Å²) in [5.74, 6) is -0.523. The van der Waals surface area contributed by atoms with E-state index < -0.39 is 17.9 Å². The van der Waals surface area contributed by atoms with E-state index in [-0.39, 0.29) is 67.0 Å². The third-order valence-corrected chi connectivity index (χ3v) is 8.80. The van der Waals surface area contributed by atoms with Crippen molar-refractivity contribution in [3.8, 4) is 11.5 Å². The number of likely N-dealkylation sites (N-methyl/N-ethyl adjacent to an activating group) is 1. The van der Waals surface area contributed by atoms with E-state index in [1.165, 1.54) is 25.5 Å². The molecule has 0 aliphatic carbocycles. The number of hydrogen-bond donors (Lipinski definition) is 4. The lowest BCUT2D eigenvalue weighted by Crippen LogP contribution is -2.52. The van der Waals surface area contributed by atoms with Crippen LogP contribution in [0.4, 0.5) is 17.5 Å². The van der Waals surface area contributed by atoms with Gasteiger partial charge in [0.1, 0.15) is 35.2 Å². The molecule has 53 heavy (non-hydrogen) atoms. The lowest BCUT2D eigenvalue weighted by atomic mass is 10.1. The van der Waals surface area contributed by atoms with Crippen molar-refractivity contribution in [2.24, 2.45) is 0 Å². The Morgan fingerprint density at radius 3 is 2.66 bits per heavy atom. The van der Waals surface area contributed by atoms with E-state index in [4.69, 9.17) is 30.8 Å². The number of nitrogens with zero attached hydrogens (tertiary/aromatic N) is 5. The molecular weight excluding hydrogens is 710 g/mol. The lowest BCUT2D eigenvalue weighted by molar-refractivity contribution is -0.134. The number of halogens is 1. The molecule has 5 heterocycles. The number of piperidine rings is 1. The standard InChI is InChI=1S/C35H38ClN9O8/c1-19(2)45-27-8-4-21(12-20(27)13-28(34(45)50)53-18-30(47)37-3)40-31-24(36)15-39-35(43-31)44-10-11-51-23(16-44)17-52-22-5-6-25(38-14-22)32(48)41-26-7-9-29(46)42-33(26)49/h4-6,8,12-15,19,23,26H,7,9-11,16-18H2,1-3H3,(H,37,47)(H,41,48)(H,39,40,43)(H,42,46,49)/t23-,26?/m0/s1. The fraction of sp³-hybridized carbons (Fsp3) is 0.371. The Labute approximate surface area is 308 Å². The highest BCUT2D eigenvalue weighted by atomic mass is 35.5. The number of ether oxygens (including phenoxy) is 3. The number of hydrogen-bond acceptors (Lipinski definition) is 13. The Kier molecular flexibility index (Phi) is 11.3. The number of morpholine rings is 1. The van der Waals surface area contributed by atoms with Crippen molar-refractivity contribution < 1.29 is 33.4 Å². The van der Waals surface area contributed by atoms with Crippen LogP contribution in [0, 0.1) is 0 Å². The van der Waals surface area contributed by atoms with Crippen LogP contribution in [0.25, 0.3) is 10.9 Å². The average Bonchev–Trinajstić information content (AvgIpc) is 3.15. The Balaban J connectivity index is 1.09. The number of aromatic nitrogens is 4. The maximum Gasteiger partial charge on any atom is 0.293 e. The van der Waals surface area contributed by atoms with Gasteiger partial charge in [-0.05, 0) is 56.7 Å². The molecule has 2 aliphatic heterocycles. The Bertz CT molecular complexity index is 2090. The van der Waals surface area contributed by atoms with Crippen LogP contribution >= 0.6 is 11.6 Å². The lowest BCUT2D eigenvalue weighted by Gasteiger charge is -2.33. The molecule has 0 saturated carbocycles. The molecule has 2 atom stereocenters. The average molecular weight is 748 g/mol. The van der Waals surface area contributed by atoms with E-state index in [0.29, 0.717) is 58.8 Å². The van der Waals surface area contributed by atoms with Crippen LogP contribution in [0.5, 0.6) is 11.5 Å². The molecular formula is C35H38ClN9O8. The smallest absolute Gasteiger partial charge is 0.293 e. The van der Waals surface area contributed by atoms with Crippen molar-refractivity contribution in [3.63, 3.8) is 0 Å². The van der Waals surface area contributed by atoms with Crippen LogP contribution in [0.1, 0.15) is 43.2 Å². The summed E-state index contributed by atoms with van der Waals surface area (Å²) >= 11 is 6.52. The highest BCUT2D eigenvalue weighted by Gasteiger charge is 2.29. The molecule has 1 aromatic carbocycles. The minimum Gasteiger partial charge on any atom is -0.489 e. The molecule has 2 saturated heterocycles. The van der Waals surface area contributed by atoms with Crippen LogP contribution < -0.4 is 41.2 Å². The number of amides is 4. The Morgan fingerprint density at radius 1 is 1.09 bits per heavy atom. The van der Waals surface area contributed by atoms with Crippen LogP contribution in [-0.2, 0) is 19.1 Å². The third kappa shape index (κ3) is 8.81. The normalized spacial score (nSPS) is 17.3. The molecule has 0 radical (unpaired) electrons. The molecule has 2 aliphatic rings. The predicted molar refractivity (Wildman–Crippen MR) is 194 cm³/mol. The molecule has 278 valence electrons. The number of carbonyl (C=O) groups is 4. The van der Waals surface area contributed by atoms with Gasteiger partial charge in [0, 0.05) is 37.1 Å². The Hall–Kier alpha value is -5.81. The quantitative estimate of drug-likeness (QED) is 0.153. The first-order chi connectivity index (χ1) is 25.5. The van der Waals surface area contributed by atoms with E-state index in [0.717, 1.165) is 0 Å². The first-order valence-corrected chi connectivity index (χ1v) is 17.3.